The normalized spacial score (nSPS) is 11.2. The molecule has 0 spiro atoms. The van der Waals surface area contributed by atoms with Gasteiger partial charge in [-0.1, -0.05) is 6.08 Å². The summed E-state index contributed by atoms with van der Waals surface area (Å²) in [7, 11) is 1.57. The number of benzene rings is 1. The average molecular weight is 293 g/mol. The molecule has 6 heteroatoms. The summed E-state index contributed by atoms with van der Waals surface area (Å²) < 4.78 is 28.1. The fourth-order valence-electron chi connectivity index (χ4n) is 1.20. The Morgan fingerprint density at radius 3 is 2.76 bits per heavy atom. The van der Waals surface area contributed by atoms with Crippen LogP contribution in [0.5, 0.6) is 5.75 Å². The van der Waals surface area contributed by atoms with Crippen molar-refractivity contribution in [3.63, 3.8) is 0 Å². The molecule has 0 atom stereocenters. The maximum atomic E-state index is 11.4. The number of hydrogen-bond donors (Lipinski definition) is 0. The lowest BCUT2D eigenvalue weighted by atomic mass is 10.3. The van der Waals surface area contributed by atoms with E-state index in [1.54, 1.807) is 25.1 Å². The van der Waals surface area contributed by atoms with Crippen LogP contribution in [0.1, 0.15) is 6.92 Å². The highest BCUT2D eigenvalue weighted by atomic mass is 35.7. The van der Waals surface area contributed by atoms with Crippen molar-refractivity contribution in [2.24, 2.45) is 0 Å². The van der Waals surface area contributed by atoms with Gasteiger partial charge in [0.25, 0.3) is 9.05 Å². The lowest BCUT2D eigenvalue weighted by molar-refractivity contribution is 0.331. The topological polar surface area (TPSA) is 43.4 Å². The summed E-state index contributed by atoms with van der Waals surface area (Å²) in [6, 6.07) is 4.93. The summed E-state index contributed by atoms with van der Waals surface area (Å²) in [5, 5.41) is 0. The van der Waals surface area contributed by atoms with Gasteiger partial charge in [-0.05, 0) is 25.1 Å². The molecule has 3 nitrogen and oxygen atoms in total. The Morgan fingerprint density at radius 2 is 2.24 bits per heavy atom. The zero-order valence-corrected chi connectivity index (χ0v) is 11.7. The van der Waals surface area contributed by atoms with E-state index in [1.807, 2.05) is 0 Å². The largest absolute Gasteiger partial charge is 0.492 e. The second kappa shape index (κ2) is 6.33. The molecule has 0 N–H and O–H groups in total. The highest BCUT2D eigenvalue weighted by Gasteiger charge is 2.17. The molecule has 0 fully saturated rings. The van der Waals surface area contributed by atoms with Crippen LogP contribution in [0.3, 0.4) is 0 Å². The van der Waals surface area contributed by atoms with Crippen LogP contribution in [0, 0.1) is 0 Å². The van der Waals surface area contributed by atoms with Crippen molar-refractivity contribution in [1.82, 2.24) is 0 Å². The van der Waals surface area contributed by atoms with Crippen molar-refractivity contribution < 1.29 is 13.2 Å². The van der Waals surface area contributed by atoms with Gasteiger partial charge >= 0.3 is 0 Å². The van der Waals surface area contributed by atoms with Crippen molar-refractivity contribution in [3.8, 4) is 5.75 Å². The summed E-state index contributed by atoms with van der Waals surface area (Å²) in [5.74, 6) is 0.987. The highest BCUT2D eigenvalue weighted by Crippen LogP contribution is 2.31. The lowest BCUT2D eigenvalue weighted by Gasteiger charge is -2.09. The van der Waals surface area contributed by atoms with E-state index in [9.17, 15) is 8.42 Å². The molecule has 17 heavy (non-hydrogen) atoms. The summed E-state index contributed by atoms with van der Waals surface area (Å²) >= 11 is 1.48. The molecule has 0 bridgehead atoms. The zero-order chi connectivity index (χ0) is 12.9. The Balaban J connectivity index is 3.15. The SMILES string of the molecule is C=CCSc1ccc(OCC)c(S(=O)(=O)Cl)c1. The third-order valence-electron chi connectivity index (χ3n) is 1.85. The molecule has 0 aliphatic heterocycles. The number of hydrogen-bond acceptors (Lipinski definition) is 4. The summed E-state index contributed by atoms with van der Waals surface area (Å²) in [6.07, 6.45) is 1.75. The first-order chi connectivity index (χ1) is 7.99. The smallest absolute Gasteiger partial charge is 0.265 e. The van der Waals surface area contributed by atoms with Gasteiger partial charge in [-0.2, -0.15) is 0 Å². The molecule has 0 aliphatic rings. The Hall–Kier alpha value is -0.650. The maximum absolute atomic E-state index is 11.4. The van der Waals surface area contributed by atoms with Gasteiger partial charge in [-0.15, -0.1) is 18.3 Å². The molecule has 94 valence electrons. The van der Waals surface area contributed by atoms with E-state index in [-0.39, 0.29) is 10.6 Å². The third kappa shape index (κ3) is 4.26. The van der Waals surface area contributed by atoms with Crippen LogP contribution in [-0.4, -0.2) is 20.8 Å². The summed E-state index contributed by atoms with van der Waals surface area (Å²) in [4.78, 5) is 0.822. The monoisotopic (exact) mass is 292 g/mol. The third-order valence-corrected chi connectivity index (χ3v) is 4.18. The van der Waals surface area contributed by atoms with E-state index in [0.29, 0.717) is 12.4 Å². The van der Waals surface area contributed by atoms with Crippen LogP contribution in [0.15, 0.2) is 40.6 Å². The Morgan fingerprint density at radius 1 is 1.53 bits per heavy atom. The molecule has 1 aromatic carbocycles. The minimum absolute atomic E-state index is 0.00933. The fraction of sp³-hybridized carbons (Fsp3) is 0.273. The average Bonchev–Trinajstić information content (AvgIpc) is 2.26. The molecule has 0 aromatic heterocycles. The van der Waals surface area contributed by atoms with Crippen molar-refractivity contribution >= 4 is 31.5 Å². The first-order valence-corrected chi connectivity index (χ1v) is 8.23. The number of halogens is 1. The van der Waals surface area contributed by atoms with Crippen LogP contribution in [-0.2, 0) is 9.05 Å². The zero-order valence-electron chi connectivity index (χ0n) is 9.35. The van der Waals surface area contributed by atoms with E-state index in [0.717, 1.165) is 4.90 Å². The number of rotatable bonds is 6. The molecule has 0 saturated carbocycles. The van der Waals surface area contributed by atoms with E-state index in [4.69, 9.17) is 15.4 Å². The van der Waals surface area contributed by atoms with Gasteiger partial charge in [0.2, 0.25) is 0 Å². The van der Waals surface area contributed by atoms with Crippen LogP contribution < -0.4 is 4.74 Å². The predicted molar refractivity (Wildman–Crippen MR) is 71.6 cm³/mol. The van der Waals surface area contributed by atoms with Crippen molar-refractivity contribution in [2.75, 3.05) is 12.4 Å². The number of ether oxygens (including phenoxy) is 1. The van der Waals surface area contributed by atoms with Crippen molar-refractivity contribution in [2.45, 2.75) is 16.7 Å². The second-order valence-electron chi connectivity index (χ2n) is 3.08. The van der Waals surface area contributed by atoms with Crippen LogP contribution >= 0.6 is 22.4 Å². The molecular weight excluding hydrogens is 280 g/mol. The van der Waals surface area contributed by atoms with Gasteiger partial charge < -0.3 is 4.74 Å². The molecule has 0 saturated heterocycles. The minimum atomic E-state index is -3.80. The predicted octanol–water partition coefficient (Wildman–Crippen LogP) is 3.29. The van der Waals surface area contributed by atoms with Gasteiger partial charge in [-0.25, -0.2) is 8.42 Å². The Bertz CT molecular complexity index is 497. The number of thioether (sulfide) groups is 1. The van der Waals surface area contributed by atoms with Gasteiger partial charge in [0, 0.05) is 21.3 Å². The quantitative estimate of drug-likeness (QED) is 0.458. The molecule has 0 unspecified atom stereocenters. The van der Waals surface area contributed by atoms with Crippen molar-refractivity contribution in [1.29, 1.82) is 0 Å². The molecule has 0 heterocycles. The van der Waals surface area contributed by atoms with E-state index >= 15 is 0 Å². The van der Waals surface area contributed by atoms with E-state index < -0.39 is 9.05 Å². The first-order valence-electron chi connectivity index (χ1n) is 4.94. The van der Waals surface area contributed by atoms with E-state index in [2.05, 4.69) is 6.58 Å². The van der Waals surface area contributed by atoms with Crippen LogP contribution in [0.2, 0.25) is 0 Å². The molecule has 0 radical (unpaired) electrons. The molecule has 0 amide bonds. The van der Waals surface area contributed by atoms with E-state index in [1.165, 1.54) is 17.8 Å². The highest BCUT2D eigenvalue weighted by molar-refractivity contribution is 8.13. The standard InChI is InChI=1S/C11H13ClO3S2/c1-3-7-16-9-5-6-10(15-4-2)11(8-9)17(12,13)14/h3,5-6,8H,1,4,7H2,2H3. The molecule has 1 rings (SSSR count). The maximum Gasteiger partial charge on any atom is 0.265 e. The van der Waals surface area contributed by atoms with Gasteiger partial charge in [0.05, 0.1) is 6.61 Å². The van der Waals surface area contributed by atoms with Crippen molar-refractivity contribution in [3.05, 3.63) is 30.9 Å². The molecule has 0 aliphatic carbocycles. The second-order valence-corrected chi connectivity index (χ2v) is 6.71. The molecular formula is C11H13ClO3S2. The minimum Gasteiger partial charge on any atom is -0.492 e. The Kier molecular flexibility index (Phi) is 5.36. The summed E-state index contributed by atoms with van der Waals surface area (Å²) in [6.45, 7) is 5.77. The van der Waals surface area contributed by atoms with Crippen LogP contribution in [0.25, 0.3) is 0 Å². The van der Waals surface area contributed by atoms with Gasteiger partial charge in [-0.3, -0.25) is 0 Å². The summed E-state index contributed by atoms with van der Waals surface area (Å²) in [5.41, 5.74) is 0. The van der Waals surface area contributed by atoms with Gasteiger partial charge in [0.1, 0.15) is 10.6 Å². The Labute approximate surface area is 110 Å². The first kappa shape index (κ1) is 14.4. The van der Waals surface area contributed by atoms with Gasteiger partial charge in [0.15, 0.2) is 0 Å². The van der Waals surface area contributed by atoms with Crippen LogP contribution in [0.4, 0.5) is 0 Å². The molecule has 1 aromatic rings. The fourth-order valence-corrected chi connectivity index (χ4v) is 2.95. The lowest BCUT2D eigenvalue weighted by Crippen LogP contribution is -1.99.